The number of benzene rings is 3. The van der Waals surface area contributed by atoms with E-state index in [1.165, 1.54) is 0 Å². The Morgan fingerprint density at radius 2 is 1.08 bits per heavy atom. The first kappa shape index (κ1) is 15.8. The fourth-order valence-corrected chi connectivity index (χ4v) is 2.73. The number of carbonyl (C=O) groups is 1. The first-order valence-corrected chi connectivity index (χ1v) is 8.28. The van der Waals surface area contributed by atoms with Crippen molar-refractivity contribution in [3.63, 3.8) is 0 Å². The van der Waals surface area contributed by atoms with E-state index in [1.807, 2.05) is 78.9 Å². The minimum atomic E-state index is -0.241. The van der Waals surface area contributed by atoms with Gasteiger partial charge in [0.1, 0.15) is 11.4 Å². The Morgan fingerprint density at radius 1 is 0.577 bits per heavy atom. The molecule has 0 saturated carbocycles. The Balaban J connectivity index is 1.86. The molecule has 124 valence electrons. The standard InChI is InChI=1S/C22H15N3O/c26-21(18-14-8-3-9-15-18)22-23-19(16-10-4-1-5-11-16)20(24-25-22)17-12-6-2-7-13-17/h1-15H. The summed E-state index contributed by atoms with van der Waals surface area (Å²) in [7, 11) is 0. The smallest absolute Gasteiger partial charge is 0.232 e. The normalized spacial score (nSPS) is 10.5. The Bertz CT molecular complexity index is 1030. The zero-order valence-electron chi connectivity index (χ0n) is 13.9. The summed E-state index contributed by atoms with van der Waals surface area (Å²) in [4.78, 5) is 17.3. The van der Waals surface area contributed by atoms with E-state index >= 15 is 0 Å². The van der Waals surface area contributed by atoms with E-state index in [0.717, 1.165) is 11.1 Å². The summed E-state index contributed by atoms with van der Waals surface area (Å²) < 4.78 is 0. The third-order valence-corrected chi connectivity index (χ3v) is 4.02. The van der Waals surface area contributed by atoms with Crippen molar-refractivity contribution in [3.8, 4) is 22.5 Å². The van der Waals surface area contributed by atoms with Crippen LogP contribution in [0.2, 0.25) is 0 Å². The number of hydrogen-bond acceptors (Lipinski definition) is 4. The van der Waals surface area contributed by atoms with Gasteiger partial charge in [-0.1, -0.05) is 91.0 Å². The van der Waals surface area contributed by atoms with Crippen molar-refractivity contribution in [1.82, 2.24) is 15.2 Å². The Hall–Kier alpha value is -3.66. The molecular formula is C22H15N3O. The maximum absolute atomic E-state index is 12.7. The van der Waals surface area contributed by atoms with Crippen LogP contribution in [0.1, 0.15) is 16.2 Å². The predicted molar refractivity (Wildman–Crippen MR) is 101 cm³/mol. The summed E-state index contributed by atoms with van der Waals surface area (Å²) >= 11 is 0. The number of carbonyl (C=O) groups excluding carboxylic acids is 1. The summed E-state index contributed by atoms with van der Waals surface area (Å²) in [6.45, 7) is 0. The molecule has 0 fully saturated rings. The van der Waals surface area contributed by atoms with E-state index in [2.05, 4.69) is 15.2 Å². The van der Waals surface area contributed by atoms with Gasteiger partial charge in [0.2, 0.25) is 11.6 Å². The molecule has 0 aliphatic carbocycles. The predicted octanol–water partition coefficient (Wildman–Crippen LogP) is 4.44. The van der Waals surface area contributed by atoms with Gasteiger partial charge in [-0.2, -0.15) is 0 Å². The van der Waals surface area contributed by atoms with E-state index in [0.29, 0.717) is 17.0 Å². The van der Waals surface area contributed by atoms with E-state index in [9.17, 15) is 4.79 Å². The van der Waals surface area contributed by atoms with E-state index in [-0.39, 0.29) is 11.6 Å². The van der Waals surface area contributed by atoms with Crippen LogP contribution < -0.4 is 0 Å². The highest BCUT2D eigenvalue weighted by Gasteiger charge is 2.18. The van der Waals surface area contributed by atoms with E-state index in [4.69, 9.17) is 0 Å². The molecule has 4 nitrogen and oxygen atoms in total. The molecule has 3 aromatic carbocycles. The summed E-state index contributed by atoms with van der Waals surface area (Å²) in [6.07, 6.45) is 0. The minimum Gasteiger partial charge on any atom is -0.285 e. The number of ketones is 1. The zero-order valence-corrected chi connectivity index (χ0v) is 13.9. The number of rotatable bonds is 4. The fraction of sp³-hybridized carbons (Fsp3) is 0. The molecule has 0 radical (unpaired) electrons. The molecule has 0 aliphatic heterocycles. The molecule has 0 amide bonds. The molecule has 4 rings (SSSR count). The Labute approximate surface area is 151 Å². The maximum atomic E-state index is 12.7. The molecule has 0 bridgehead atoms. The van der Waals surface area contributed by atoms with Crippen molar-refractivity contribution >= 4 is 5.78 Å². The van der Waals surface area contributed by atoms with Gasteiger partial charge in [-0.05, 0) is 0 Å². The van der Waals surface area contributed by atoms with Gasteiger partial charge in [0.25, 0.3) is 0 Å². The first-order chi connectivity index (χ1) is 12.8. The number of hydrogen-bond donors (Lipinski definition) is 0. The summed E-state index contributed by atoms with van der Waals surface area (Å²) in [6, 6.07) is 28.4. The third kappa shape index (κ3) is 3.13. The fourth-order valence-electron chi connectivity index (χ4n) is 2.73. The third-order valence-electron chi connectivity index (χ3n) is 4.02. The topological polar surface area (TPSA) is 55.7 Å². The van der Waals surface area contributed by atoms with Gasteiger partial charge < -0.3 is 0 Å². The van der Waals surface area contributed by atoms with Gasteiger partial charge in [-0.3, -0.25) is 4.79 Å². The van der Waals surface area contributed by atoms with Crippen molar-refractivity contribution < 1.29 is 4.79 Å². The van der Waals surface area contributed by atoms with Gasteiger partial charge in [0.15, 0.2) is 0 Å². The van der Waals surface area contributed by atoms with Crippen LogP contribution >= 0.6 is 0 Å². The van der Waals surface area contributed by atoms with Gasteiger partial charge in [-0.25, -0.2) is 4.98 Å². The molecule has 0 spiro atoms. The second kappa shape index (κ2) is 7.07. The molecule has 4 aromatic rings. The van der Waals surface area contributed by atoms with Crippen LogP contribution in [0.4, 0.5) is 0 Å². The SMILES string of the molecule is O=C(c1ccccc1)c1nnc(-c2ccccc2)c(-c2ccccc2)n1. The van der Waals surface area contributed by atoms with Crippen LogP contribution in [-0.4, -0.2) is 21.0 Å². The molecule has 0 aliphatic rings. The first-order valence-electron chi connectivity index (χ1n) is 8.28. The Kier molecular flexibility index (Phi) is 4.31. The molecule has 1 aromatic heterocycles. The molecule has 1 heterocycles. The molecule has 0 saturated heterocycles. The van der Waals surface area contributed by atoms with Crippen LogP contribution in [0.25, 0.3) is 22.5 Å². The highest BCUT2D eigenvalue weighted by molar-refractivity contribution is 6.06. The summed E-state index contributed by atoms with van der Waals surface area (Å²) in [5.41, 5.74) is 3.64. The van der Waals surface area contributed by atoms with Gasteiger partial charge >= 0.3 is 0 Å². The highest BCUT2D eigenvalue weighted by Crippen LogP contribution is 2.28. The number of aromatic nitrogens is 3. The average Bonchev–Trinajstić information content (AvgIpc) is 2.75. The van der Waals surface area contributed by atoms with Crippen LogP contribution in [0, 0.1) is 0 Å². The van der Waals surface area contributed by atoms with Crippen LogP contribution in [0.5, 0.6) is 0 Å². The number of nitrogens with zero attached hydrogens (tertiary/aromatic N) is 3. The van der Waals surface area contributed by atoms with Crippen molar-refractivity contribution in [2.24, 2.45) is 0 Å². The van der Waals surface area contributed by atoms with E-state index < -0.39 is 0 Å². The van der Waals surface area contributed by atoms with Gasteiger partial charge in [0.05, 0.1) is 0 Å². The molecule has 0 unspecified atom stereocenters. The molecule has 0 N–H and O–H groups in total. The van der Waals surface area contributed by atoms with Crippen LogP contribution in [-0.2, 0) is 0 Å². The van der Waals surface area contributed by atoms with Crippen molar-refractivity contribution in [2.75, 3.05) is 0 Å². The lowest BCUT2D eigenvalue weighted by molar-refractivity contribution is 0.102. The average molecular weight is 337 g/mol. The lowest BCUT2D eigenvalue weighted by atomic mass is 10.0. The summed E-state index contributed by atoms with van der Waals surface area (Å²) in [5, 5.41) is 8.45. The van der Waals surface area contributed by atoms with E-state index in [1.54, 1.807) is 12.1 Å². The van der Waals surface area contributed by atoms with Crippen molar-refractivity contribution in [3.05, 3.63) is 102 Å². The zero-order chi connectivity index (χ0) is 17.8. The Morgan fingerprint density at radius 3 is 1.65 bits per heavy atom. The largest absolute Gasteiger partial charge is 0.285 e. The minimum absolute atomic E-state index is 0.0923. The van der Waals surface area contributed by atoms with Gasteiger partial charge in [-0.15, -0.1) is 10.2 Å². The van der Waals surface area contributed by atoms with Crippen LogP contribution in [0.15, 0.2) is 91.0 Å². The lowest BCUT2D eigenvalue weighted by Crippen LogP contribution is -2.10. The second-order valence-electron chi connectivity index (χ2n) is 5.76. The second-order valence-corrected chi connectivity index (χ2v) is 5.76. The lowest BCUT2D eigenvalue weighted by Gasteiger charge is -2.09. The molecular weight excluding hydrogens is 322 g/mol. The monoisotopic (exact) mass is 337 g/mol. The molecule has 26 heavy (non-hydrogen) atoms. The quantitative estimate of drug-likeness (QED) is 0.517. The van der Waals surface area contributed by atoms with Crippen molar-refractivity contribution in [1.29, 1.82) is 0 Å². The van der Waals surface area contributed by atoms with Gasteiger partial charge in [0, 0.05) is 16.7 Å². The van der Waals surface area contributed by atoms with Crippen LogP contribution in [0.3, 0.4) is 0 Å². The maximum Gasteiger partial charge on any atom is 0.232 e. The molecule has 4 heteroatoms. The summed E-state index contributed by atoms with van der Waals surface area (Å²) in [5.74, 6) is -0.148. The highest BCUT2D eigenvalue weighted by atomic mass is 16.1. The van der Waals surface area contributed by atoms with Crippen molar-refractivity contribution in [2.45, 2.75) is 0 Å². The molecule has 0 atom stereocenters.